The van der Waals surface area contributed by atoms with Crippen molar-refractivity contribution in [1.29, 1.82) is 0 Å². The summed E-state index contributed by atoms with van der Waals surface area (Å²) in [4.78, 5) is -0.0688. The van der Waals surface area contributed by atoms with Gasteiger partial charge in [-0.15, -0.1) is 0 Å². The summed E-state index contributed by atoms with van der Waals surface area (Å²) >= 11 is 0. The zero-order valence-electron chi connectivity index (χ0n) is 11.1. The SMILES string of the molecule is CNCCCOc1ccc(S(=O)(=O)NCC(F)F)cc1. The van der Waals surface area contributed by atoms with Gasteiger partial charge in [0, 0.05) is 0 Å². The first-order valence-corrected chi connectivity index (χ1v) is 7.59. The third-order valence-electron chi connectivity index (χ3n) is 2.40. The normalized spacial score (nSPS) is 11.8. The van der Waals surface area contributed by atoms with E-state index in [0.29, 0.717) is 12.4 Å². The molecule has 1 aromatic rings. The van der Waals surface area contributed by atoms with Crippen molar-refractivity contribution in [3.63, 3.8) is 0 Å². The molecule has 0 saturated carbocycles. The summed E-state index contributed by atoms with van der Waals surface area (Å²) in [7, 11) is -2.06. The molecule has 20 heavy (non-hydrogen) atoms. The van der Waals surface area contributed by atoms with Crippen molar-refractivity contribution in [3.8, 4) is 5.75 Å². The molecule has 8 heteroatoms. The van der Waals surface area contributed by atoms with Crippen LogP contribution in [-0.2, 0) is 10.0 Å². The first-order valence-electron chi connectivity index (χ1n) is 6.11. The highest BCUT2D eigenvalue weighted by molar-refractivity contribution is 7.89. The van der Waals surface area contributed by atoms with Crippen LogP contribution in [0.3, 0.4) is 0 Å². The molecule has 0 heterocycles. The number of hydrogen-bond donors (Lipinski definition) is 2. The Bertz CT molecular complexity index is 492. The standard InChI is InChI=1S/C12H18F2N2O3S/c1-15-7-2-8-19-10-3-5-11(6-4-10)20(17,18)16-9-12(13)14/h3-6,12,15-16H,2,7-9H2,1H3. The lowest BCUT2D eigenvalue weighted by molar-refractivity contribution is 0.153. The monoisotopic (exact) mass is 308 g/mol. The molecule has 0 bridgehead atoms. The Balaban J connectivity index is 2.57. The number of benzene rings is 1. The third-order valence-corrected chi connectivity index (χ3v) is 3.84. The maximum absolute atomic E-state index is 12.0. The van der Waals surface area contributed by atoms with Gasteiger partial charge in [0.2, 0.25) is 10.0 Å². The fourth-order valence-corrected chi connectivity index (χ4v) is 2.42. The van der Waals surface area contributed by atoms with Crippen LogP contribution < -0.4 is 14.8 Å². The van der Waals surface area contributed by atoms with Gasteiger partial charge >= 0.3 is 0 Å². The first-order chi connectivity index (χ1) is 9.45. The van der Waals surface area contributed by atoms with Crippen LogP contribution >= 0.6 is 0 Å². The average molecular weight is 308 g/mol. The van der Waals surface area contributed by atoms with Crippen molar-refractivity contribution in [2.75, 3.05) is 26.7 Å². The highest BCUT2D eigenvalue weighted by Crippen LogP contribution is 2.16. The second-order valence-electron chi connectivity index (χ2n) is 4.02. The second-order valence-corrected chi connectivity index (χ2v) is 5.79. The van der Waals surface area contributed by atoms with Gasteiger partial charge in [-0.3, -0.25) is 0 Å². The summed E-state index contributed by atoms with van der Waals surface area (Å²) in [6.07, 6.45) is -1.90. The quantitative estimate of drug-likeness (QED) is 0.673. The van der Waals surface area contributed by atoms with Crippen LogP contribution in [0.1, 0.15) is 6.42 Å². The number of sulfonamides is 1. The van der Waals surface area contributed by atoms with Crippen LogP contribution in [0, 0.1) is 0 Å². The summed E-state index contributed by atoms with van der Waals surface area (Å²) in [5, 5.41) is 2.98. The Labute approximate surface area is 117 Å². The van der Waals surface area contributed by atoms with Gasteiger partial charge in [-0.05, 0) is 44.3 Å². The van der Waals surface area contributed by atoms with E-state index in [4.69, 9.17) is 4.74 Å². The second kappa shape index (κ2) is 8.13. The van der Waals surface area contributed by atoms with Crippen LogP contribution in [0.4, 0.5) is 8.78 Å². The lowest BCUT2D eigenvalue weighted by atomic mass is 10.3. The van der Waals surface area contributed by atoms with Crippen molar-refractivity contribution in [2.45, 2.75) is 17.7 Å². The molecule has 2 N–H and O–H groups in total. The largest absolute Gasteiger partial charge is 0.494 e. The minimum Gasteiger partial charge on any atom is -0.494 e. The highest BCUT2D eigenvalue weighted by Gasteiger charge is 2.15. The minimum atomic E-state index is -3.90. The maximum Gasteiger partial charge on any atom is 0.251 e. The molecule has 0 aliphatic rings. The summed E-state index contributed by atoms with van der Waals surface area (Å²) in [6, 6.07) is 5.63. The van der Waals surface area contributed by atoms with E-state index in [0.717, 1.165) is 13.0 Å². The Hall–Kier alpha value is -1.25. The predicted octanol–water partition coefficient (Wildman–Crippen LogP) is 1.22. The molecule has 1 aromatic carbocycles. The van der Waals surface area contributed by atoms with E-state index in [-0.39, 0.29) is 4.90 Å². The average Bonchev–Trinajstić information content (AvgIpc) is 2.42. The maximum atomic E-state index is 12.0. The topological polar surface area (TPSA) is 67.4 Å². The molecule has 0 amide bonds. The minimum absolute atomic E-state index is 0.0688. The molecule has 5 nitrogen and oxygen atoms in total. The number of nitrogens with one attached hydrogen (secondary N) is 2. The molecule has 0 aromatic heterocycles. The van der Waals surface area contributed by atoms with Crippen LogP contribution in [0.2, 0.25) is 0 Å². The molecule has 0 spiro atoms. The molecule has 0 aliphatic carbocycles. The predicted molar refractivity (Wildman–Crippen MR) is 71.7 cm³/mol. The van der Waals surface area contributed by atoms with Crippen LogP contribution in [0.5, 0.6) is 5.75 Å². The molecule has 0 atom stereocenters. The Kier molecular flexibility index (Phi) is 6.83. The van der Waals surface area contributed by atoms with Crippen molar-refractivity contribution in [3.05, 3.63) is 24.3 Å². The molecule has 0 fully saturated rings. The number of rotatable bonds is 9. The van der Waals surface area contributed by atoms with Gasteiger partial charge in [0.25, 0.3) is 6.43 Å². The Morgan fingerprint density at radius 1 is 1.25 bits per heavy atom. The molecule has 1 rings (SSSR count). The molecule has 0 unspecified atom stereocenters. The van der Waals surface area contributed by atoms with Gasteiger partial charge in [-0.25, -0.2) is 21.9 Å². The molecule has 0 saturated heterocycles. The fraction of sp³-hybridized carbons (Fsp3) is 0.500. The zero-order valence-corrected chi connectivity index (χ0v) is 11.9. The van der Waals surface area contributed by atoms with E-state index in [1.165, 1.54) is 24.3 Å². The number of hydrogen-bond acceptors (Lipinski definition) is 4. The van der Waals surface area contributed by atoms with Gasteiger partial charge in [0.15, 0.2) is 0 Å². The van der Waals surface area contributed by atoms with Crippen LogP contribution in [0.15, 0.2) is 29.2 Å². The lowest BCUT2D eigenvalue weighted by Gasteiger charge is -2.08. The van der Waals surface area contributed by atoms with Gasteiger partial charge < -0.3 is 10.1 Å². The van der Waals surface area contributed by atoms with Crippen molar-refractivity contribution in [1.82, 2.24) is 10.0 Å². The molecular formula is C12H18F2N2O3S. The smallest absolute Gasteiger partial charge is 0.251 e. The Morgan fingerprint density at radius 3 is 2.45 bits per heavy atom. The van der Waals surface area contributed by atoms with E-state index in [1.807, 2.05) is 11.8 Å². The molecule has 0 radical (unpaired) electrons. The van der Waals surface area contributed by atoms with Crippen LogP contribution in [-0.4, -0.2) is 41.6 Å². The zero-order chi connectivity index (χ0) is 15.0. The summed E-state index contributed by atoms with van der Waals surface area (Å²) < 4.78 is 54.5. The van der Waals surface area contributed by atoms with Crippen LogP contribution in [0.25, 0.3) is 0 Å². The number of alkyl halides is 2. The molecule has 114 valence electrons. The van der Waals surface area contributed by atoms with Crippen molar-refractivity contribution >= 4 is 10.0 Å². The van der Waals surface area contributed by atoms with Gasteiger partial charge in [0.05, 0.1) is 18.0 Å². The van der Waals surface area contributed by atoms with E-state index < -0.39 is 23.0 Å². The van der Waals surface area contributed by atoms with E-state index in [2.05, 4.69) is 5.32 Å². The van der Waals surface area contributed by atoms with Gasteiger partial charge in [0.1, 0.15) is 5.75 Å². The first kappa shape index (κ1) is 16.8. The fourth-order valence-electron chi connectivity index (χ4n) is 1.41. The number of halogens is 2. The van der Waals surface area contributed by atoms with Gasteiger partial charge in [-0.1, -0.05) is 0 Å². The van der Waals surface area contributed by atoms with Crippen molar-refractivity contribution in [2.24, 2.45) is 0 Å². The molecular weight excluding hydrogens is 290 g/mol. The van der Waals surface area contributed by atoms with Gasteiger partial charge in [-0.2, -0.15) is 0 Å². The summed E-state index contributed by atoms with van der Waals surface area (Å²) in [5.41, 5.74) is 0. The third kappa shape index (κ3) is 5.81. The molecule has 0 aliphatic heterocycles. The Morgan fingerprint density at radius 2 is 1.90 bits per heavy atom. The van der Waals surface area contributed by atoms with E-state index >= 15 is 0 Å². The summed E-state index contributed by atoms with van der Waals surface area (Å²) in [5.74, 6) is 0.536. The lowest BCUT2D eigenvalue weighted by Crippen LogP contribution is -2.28. The van der Waals surface area contributed by atoms with Crippen molar-refractivity contribution < 1.29 is 21.9 Å². The van der Waals surface area contributed by atoms with E-state index in [1.54, 1.807) is 0 Å². The van der Waals surface area contributed by atoms with E-state index in [9.17, 15) is 17.2 Å². The summed E-state index contributed by atoms with van der Waals surface area (Å²) in [6.45, 7) is 0.436. The number of ether oxygens (including phenoxy) is 1. The highest BCUT2D eigenvalue weighted by atomic mass is 32.2.